The van der Waals surface area contributed by atoms with Crippen molar-refractivity contribution in [2.24, 2.45) is 5.92 Å². The van der Waals surface area contributed by atoms with Crippen LogP contribution in [-0.2, 0) is 4.79 Å². The van der Waals surface area contributed by atoms with Crippen molar-refractivity contribution in [3.05, 3.63) is 23.8 Å². The first-order valence-corrected chi connectivity index (χ1v) is 5.87. The molecule has 2 rings (SSSR count). The van der Waals surface area contributed by atoms with Crippen LogP contribution in [0.1, 0.15) is 12.0 Å². The van der Waals surface area contributed by atoms with E-state index in [9.17, 15) is 4.79 Å². The molecular weight excluding hydrogens is 224 g/mol. The topological polar surface area (TPSA) is 46.3 Å². The molecule has 0 bridgehead atoms. The van der Waals surface area contributed by atoms with Crippen molar-refractivity contribution >= 4 is 28.9 Å². The van der Waals surface area contributed by atoms with Crippen LogP contribution in [0.2, 0.25) is 0 Å². The summed E-state index contributed by atoms with van der Waals surface area (Å²) in [6.45, 7) is 2.66. The summed E-state index contributed by atoms with van der Waals surface area (Å²) >= 11 is 5.78. The highest BCUT2D eigenvalue weighted by Gasteiger charge is 2.30. The minimum atomic E-state index is 0.112. The van der Waals surface area contributed by atoms with Gasteiger partial charge < -0.3 is 10.6 Å². The Bertz CT molecular complexity index is 419. The molecule has 86 valence electrons. The normalized spacial score (nSPS) is 20.5. The summed E-state index contributed by atoms with van der Waals surface area (Å²) in [4.78, 5) is 13.5. The van der Waals surface area contributed by atoms with Gasteiger partial charge in [0.15, 0.2) is 0 Å². The van der Waals surface area contributed by atoms with Gasteiger partial charge in [-0.1, -0.05) is 6.07 Å². The molecule has 0 radical (unpaired) electrons. The summed E-state index contributed by atoms with van der Waals surface area (Å²) in [5.41, 5.74) is 8.49. The highest BCUT2D eigenvalue weighted by molar-refractivity contribution is 6.18. The Morgan fingerprint density at radius 3 is 2.88 bits per heavy atom. The summed E-state index contributed by atoms with van der Waals surface area (Å²) in [5.74, 6) is 0.879. The summed E-state index contributed by atoms with van der Waals surface area (Å²) < 4.78 is 0. The minimum Gasteiger partial charge on any atom is -0.397 e. The molecule has 1 fully saturated rings. The average molecular weight is 239 g/mol. The third kappa shape index (κ3) is 2.00. The van der Waals surface area contributed by atoms with Gasteiger partial charge in [0.05, 0.1) is 11.4 Å². The van der Waals surface area contributed by atoms with E-state index in [-0.39, 0.29) is 11.8 Å². The quantitative estimate of drug-likeness (QED) is 0.634. The molecule has 0 saturated carbocycles. The van der Waals surface area contributed by atoms with Crippen LogP contribution in [0, 0.1) is 12.8 Å². The predicted octanol–water partition coefficient (Wildman–Crippen LogP) is 2.17. The number of hydrogen-bond donors (Lipinski definition) is 1. The fraction of sp³-hybridized carbons (Fsp3) is 0.417. The van der Waals surface area contributed by atoms with Gasteiger partial charge in [0.1, 0.15) is 0 Å². The van der Waals surface area contributed by atoms with Gasteiger partial charge in [0.25, 0.3) is 0 Å². The molecule has 0 aromatic heterocycles. The Hall–Kier alpha value is -1.22. The molecule has 0 aliphatic carbocycles. The SMILES string of the molecule is Cc1ccc(N2CC(CCl)CC2=O)c(N)c1. The highest BCUT2D eigenvalue weighted by atomic mass is 35.5. The number of benzene rings is 1. The van der Waals surface area contributed by atoms with Crippen LogP contribution in [-0.4, -0.2) is 18.3 Å². The van der Waals surface area contributed by atoms with Crippen LogP contribution in [0.15, 0.2) is 18.2 Å². The molecule has 0 spiro atoms. The van der Waals surface area contributed by atoms with Crippen molar-refractivity contribution in [1.82, 2.24) is 0 Å². The number of rotatable bonds is 2. The second-order valence-corrected chi connectivity index (χ2v) is 4.60. The molecule has 1 amide bonds. The first-order valence-electron chi connectivity index (χ1n) is 5.34. The van der Waals surface area contributed by atoms with Crippen LogP contribution in [0.25, 0.3) is 0 Å². The van der Waals surface area contributed by atoms with Crippen molar-refractivity contribution in [3.8, 4) is 0 Å². The maximum atomic E-state index is 11.8. The fourth-order valence-corrected chi connectivity index (χ4v) is 2.24. The lowest BCUT2D eigenvalue weighted by atomic mass is 10.1. The molecule has 1 unspecified atom stereocenters. The number of halogens is 1. The zero-order valence-corrected chi connectivity index (χ0v) is 10.00. The summed E-state index contributed by atoms with van der Waals surface area (Å²) in [6.07, 6.45) is 0.525. The largest absolute Gasteiger partial charge is 0.397 e. The van der Waals surface area contributed by atoms with Crippen LogP contribution < -0.4 is 10.6 Å². The average Bonchev–Trinajstić information content (AvgIpc) is 2.60. The molecule has 16 heavy (non-hydrogen) atoms. The molecule has 1 saturated heterocycles. The lowest BCUT2D eigenvalue weighted by Gasteiger charge is -2.18. The van der Waals surface area contributed by atoms with Gasteiger partial charge in [-0.05, 0) is 30.5 Å². The van der Waals surface area contributed by atoms with E-state index in [0.29, 0.717) is 24.5 Å². The first kappa shape index (κ1) is 11.3. The molecular formula is C12H15ClN2O. The van der Waals surface area contributed by atoms with Crippen LogP contribution >= 0.6 is 11.6 Å². The van der Waals surface area contributed by atoms with Gasteiger partial charge >= 0.3 is 0 Å². The van der Waals surface area contributed by atoms with E-state index in [0.717, 1.165) is 11.3 Å². The standard InChI is InChI=1S/C12H15ClN2O/c1-8-2-3-11(10(14)4-8)15-7-9(6-13)5-12(15)16/h2-4,9H,5-7,14H2,1H3. The number of alkyl halides is 1. The number of amides is 1. The lowest BCUT2D eigenvalue weighted by Crippen LogP contribution is -2.25. The zero-order valence-electron chi connectivity index (χ0n) is 9.24. The van der Waals surface area contributed by atoms with E-state index in [1.165, 1.54) is 0 Å². The van der Waals surface area contributed by atoms with Gasteiger partial charge in [-0.15, -0.1) is 11.6 Å². The van der Waals surface area contributed by atoms with Crippen molar-refractivity contribution < 1.29 is 4.79 Å². The second-order valence-electron chi connectivity index (χ2n) is 4.29. The number of nitrogens with zero attached hydrogens (tertiary/aromatic N) is 1. The summed E-state index contributed by atoms with van der Waals surface area (Å²) in [7, 11) is 0. The predicted molar refractivity (Wildman–Crippen MR) is 66.8 cm³/mol. The van der Waals surface area contributed by atoms with E-state index >= 15 is 0 Å². The monoisotopic (exact) mass is 238 g/mol. The van der Waals surface area contributed by atoms with Crippen LogP contribution in [0.5, 0.6) is 0 Å². The molecule has 3 nitrogen and oxygen atoms in total. The van der Waals surface area contributed by atoms with Crippen molar-refractivity contribution in [1.29, 1.82) is 0 Å². The number of hydrogen-bond acceptors (Lipinski definition) is 2. The maximum absolute atomic E-state index is 11.8. The molecule has 1 aliphatic rings. The number of anilines is 2. The zero-order chi connectivity index (χ0) is 11.7. The van der Waals surface area contributed by atoms with Crippen molar-refractivity contribution in [3.63, 3.8) is 0 Å². The van der Waals surface area contributed by atoms with Gasteiger partial charge in [0.2, 0.25) is 5.91 Å². The molecule has 1 heterocycles. The lowest BCUT2D eigenvalue weighted by molar-refractivity contribution is -0.117. The van der Waals surface area contributed by atoms with Crippen molar-refractivity contribution in [2.45, 2.75) is 13.3 Å². The molecule has 1 atom stereocenters. The Kier molecular flexibility index (Phi) is 3.06. The van der Waals surface area contributed by atoms with E-state index < -0.39 is 0 Å². The number of nitrogens with two attached hydrogens (primary N) is 1. The van der Waals surface area contributed by atoms with Crippen LogP contribution in [0.4, 0.5) is 11.4 Å². The molecule has 4 heteroatoms. The summed E-state index contributed by atoms with van der Waals surface area (Å²) in [6, 6.07) is 5.75. The van der Waals surface area contributed by atoms with Crippen LogP contribution in [0.3, 0.4) is 0 Å². The fourth-order valence-electron chi connectivity index (χ4n) is 2.04. The smallest absolute Gasteiger partial charge is 0.227 e. The van der Waals surface area contributed by atoms with E-state index in [1.54, 1.807) is 4.90 Å². The van der Waals surface area contributed by atoms with Gasteiger partial charge in [-0.3, -0.25) is 4.79 Å². The third-order valence-electron chi connectivity index (χ3n) is 2.90. The molecule has 1 aromatic carbocycles. The first-order chi connectivity index (χ1) is 7.61. The molecule has 2 N–H and O–H groups in total. The van der Waals surface area contributed by atoms with E-state index in [4.69, 9.17) is 17.3 Å². The number of carbonyl (C=O) groups is 1. The van der Waals surface area contributed by atoms with E-state index in [2.05, 4.69) is 0 Å². The number of nitrogen functional groups attached to an aromatic ring is 1. The summed E-state index contributed by atoms with van der Waals surface area (Å²) in [5, 5.41) is 0. The Morgan fingerprint density at radius 2 is 2.31 bits per heavy atom. The van der Waals surface area contributed by atoms with E-state index in [1.807, 2.05) is 25.1 Å². The van der Waals surface area contributed by atoms with Gasteiger partial charge in [-0.2, -0.15) is 0 Å². The Morgan fingerprint density at radius 1 is 1.56 bits per heavy atom. The molecule has 1 aliphatic heterocycles. The Labute approximate surface area is 100 Å². The third-order valence-corrected chi connectivity index (χ3v) is 3.33. The van der Waals surface area contributed by atoms with Gasteiger partial charge in [-0.25, -0.2) is 0 Å². The number of carbonyl (C=O) groups excluding carboxylic acids is 1. The minimum absolute atomic E-state index is 0.112. The maximum Gasteiger partial charge on any atom is 0.227 e. The Balaban J connectivity index is 2.28. The molecule has 1 aromatic rings. The number of aryl methyl sites for hydroxylation is 1. The van der Waals surface area contributed by atoms with Crippen molar-refractivity contribution in [2.75, 3.05) is 23.1 Å². The second kappa shape index (κ2) is 4.34. The van der Waals surface area contributed by atoms with Gasteiger partial charge in [0, 0.05) is 18.8 Å². The highest BCUT2D eigenvalue weighted by Crippen LogP contribution is 2.30.